The van der Waals surface area contributed by atoms with E-state index < -0.39 is 0 Å². The van der Waals surface area contributed by atoms with Gasteiger partial charge in [-0.2, -0.15) is 0 Å². The van der Waals surface area contributed by atoms with E-state index in [1.165, 1.54) is 4.90 Å². The van der Waals surface area contributed by atoms with Gasteiger partial charge in [-0.3, -0.25) is 19.3 Å². The summed E-state index contributed by atoms with van der Waals surface area (Å²) in [5.74, 6) is -0.887. The van der Waals surface area contributed by atoms with Crippen LogP contribution in [0.4, 0.5) is 5.69 Å². The predicted molar refractivity (Wildman–Crippen MR) is 96.4 cm³/mol. The third-order valence-corrected chi connectivity index (χ3v) is 5.14. The molecule has 132 valence electrons. The Morgan fingerprint density at radius 2 is 1.76 bits per heavy atom. The van der Waals surface area contributed by atoms with Crippen LogP contribution in [0.25, 0.3) is 0 Å². The first-order valence-electron chi connectivity index (χ1n) is 8.22. The molecule has 0 saturated carbocycles. The van der Waals surface area contributed by atoms with Crippen molar-refractivity contribution in [1.29, 1.82) is 0 Å². The summed E-state index contributed by atoms with van der Waals surface area (Å²) < 4.78 is 0. The van der Waals surface area contributed by atoms with E-state index in [4.69, 9.17) is 23.2 Å². The summed E-state index contributed by atoms with van der Waals surface area (Å²) in [6.45, 7) is 0.270. The van der Waals surface area contributed by atoms with Crippen LogP contribution in [0.3, 0.4) is 0 Å². The summed E-state index contributed by atoms with van der Waals surface area (Å²) in [6, 6.07) is 4.82. The summed E-state index contributed by atoms with van der Waals surface area (Å²) >= 11 is 11.8. The summed E-state index contributed by atoms with van der Waals surface area (Å²) in [4.78, 5) is 38.0. The maximum Gasteiger partial charge on any atom is 0.233 e. The number of hydrogen-bond acceptors (Lipinski definition) is 3. The van der Waals surface area contributed by atoms with Crippen molar-refractivity contribution in [2.75, 3.05) is 11.9 Å². The first-order chi connectivity index (χ1) is 12.0. The van der Waals surface area contributed by atoms with Gasteiger partial charge in [0.05, 0.1) is 22.5 Å². The molecular formula is C18H18Cl2N2O3. The van der Waals surface area contributed by atoms with Gasteiger partial charge in [0, 0.05) is 18.0 Å². The van der Waals surface area contributed by atoms with Crippen molar-refractivity contribution in [2.45, 2.75) is 25.7 Å². The second-order valence-corrected chi connectivity index (χ2v) is 7.10. The number of nitrogens with zero attached hydrogens (tertiary/aromatic N) is 1. The van der Waals surface area contributed by atoms with Crippen molar-refractivity contribution in [3.63, 3.8) is 0 Å². The Morgan fingerprint density at radius 3 is 2.36 bits per heavy atom. The van der Waals surface area contributed by atoms with Gasteiger partial charge in [0.2, 0.25) is 17.7 Å². The quantitative estimate of drug-likeness (QED) is 0.625. The van der Waals surface area contributed by atoms with Crippen LogP contribution in [0.5, 0.6) is 0 Å². The Hall–Kier alpha value is -1.85. The number of nitrogens with one attached hydrogen (secondary N) is 1. The maximum absolute atomic E-state index is 12.3. The van der Waals surface area contributed by atoms with Crippen LogP contribution < -0.4 is 5.32 Å². The normalized spacial score (nSPS) is 22.2. The molecule has 1 N–H and O–H groups in total. The average molecular weight is 381 g/mol. The minimum atomic E-state index is -0.223. The minimum Gasteiger partial charge on any atom is -0.325 e. The highest BCUT2D eigenvalue weighted by Crippen LogP contribution is 2.35. The van der Waals surface area contributed by atoms with Gasteiger partial charge in [-0.25, -0.2) is 0 Å². The van der Waals surface area contributed by atoms with E-state index in [1.807, 2.05) is 12.2 Å². The molecule has 0 spiro atoms. The molecule has 0 bridgehead atoms. The molecular weight excluding hydrogens is 363 g/mol. The molecule has 1 aromatic rings. The topological polar surface area (TPSA) is 66.5 Å². The molecule has 1 aliphatic heterocycles. The van der Waals surface area contributed by atoms with Crippen molar-refractivity contribution in [3.05, 3.63) is 40.4 Å². The van der Waals surface area contributed by atoms with Gasteiger partial charge in [0.15, 0.2) is 0 Å². The van der Waals surface area contributed by atoms with Gasteiger partial charge in [-0.15, -0.1) is 0 Å². The second kappa shape index (κ2) is 7.58. The highest BCUT2D eigenvalue weighted by atomic mass is 35.5. The molecule has 1 aromatic carbocycles. The lowest BCUT2D eigenvalue weighted by molar-refractivity contribution is -0.140. The molecule has 2 aliphatic rings. The lowest BCUT2D eigenvalue weighted by atomic mass is 9.85. The number of anilines is 1. The van der Waals surface area contributed by atoms with Gasteiger partial charge in [0.25, 0.3) is 0 Å². The molecule has 1 aliphatic carbocycles. The maximum atomic E-state index is 12.3. The van der Waals surface area contributed by atoms with Crippen LogP contribution in [0.15, 0.2) is 30.4 Å². The molecule has 25 heavy (non-hydrogen) atoms. The zero-order valence-electron chi connectivity index (χ0n) is 13.5. The molecule has 1 saturated heterocycles. The van der Waals surface area contributed by atoms with Gasteiger partial charge < -0.3 is 5.32 Å². The van der Waals surface area contributed by atoms with Gasteiger partial charge in [-0.1, -0.05) is 35.4 Å². The number of carbonyl (C=O) groups is 3. The van der Waals surface area contributed by atoms with Crippen LogP contribution in [0.1, 0.15) is 25.7 Å². The number of fused-ring (bicyclic) bond motifs is 1. The molecule has 1 heterocycles. The SMILES string of the molecule is O=C(CCCN1C(=O)[C@H]2CC=CC[C@@H]2C1=O)Nc1ccc(Cl)cc1Cl. The zero-order valence-corrected chi connectivity index (χ0v) is 15.0. The summed E-state index contributed by atoms with van der Waals surface area (Å²) in [6.07, 6.45) is 5.78. The average Bonchev–Trinajstić information content (AvgIpc) is 2.83. The number of amides is 3. The molecule has 5 nitrogen and oxygen atoms in total. The van der Waals surface area contributed by atoms with E-state index in [9.17, 15) is 14.4 Å². The van der Waals surface area contributed by atoms with Crippen molar-refractivity contribution in [1.82, 2.24) is 4.90 Å². The fourth-order valence-corrected chi connectivity index (χ4v) is 3.75. The molecule has 0 radical (unpaired) electrons. The minimum absolute atomic E-state index is 0.111. The first kappa shape index (κ1) is 18.0. The molecule has 0 aromatic heterocycles. The first-order valence-corrected chi connectivity index (χ1v) is 8.98. The largest absolute Gasteiger partial charge is 0.325 e. The standard InChI is InChI=1S/C18H18Cl2N2O3/c19-11-7-8-15(14(20)10-11)21-16(23)6-3-9-22-17(24)12-4-1-2-5-13(12)18(22)25/h1-2,7-8,10,12-13H,3-6,9H2,(H,21,23)/t12-,13-/m0/s1. The molecule has 1 fully saturated rings. The fraction of sp³-hybridized carbons (Fsp3) is 0.389. The van der Waals surface area contributed by atoms with Crippen LogP contribution in [-0.2, 0) is 14.4 Å². The van der Waals surface area contributed by atoms with Crippen molar-refractivity contribution in [3.8, 4) is 0 Å². The highest BCUT2D eigenvalue weighted by Gasteiger charge is 2.46. The van der Waals surface area contributed by atoms with Crippen molar-refractivity contribution < 1.29 is 14.4 Å². The summed E-state index contributed by atoms with van der Waals surface area (Å²) in [7, 11) is 0. The van der Waals surface area contributed by atoms with Gasteiger partial charge >= 0.3 is 0 Å². The predicted octanol–water partition coefficient (Wildman–Crippen LogP) is 3.66. The third kappa shape index (κ3) is 3.88. The lowest BCUT2D eigenvalue weighted by Crippen LogP contribution is -2.32. The Morgan fingerprint density at radius 1 is 1.12 bits per heavy atom. The number of benzene rings is 1. The van der Waals surface area contributed by atoms with Crippen LogP contribution in [0.2, 0.25) is 10.0 Å². The number of imide groups is 1. The van der Waals surface area contributed by atoms with E-state index in [1.54, 1.807) is 18.2 Å². The Balaban J connectivity index is 1.50. The summed E-state index contributed by atoms with van der Waals surface area (Å²) in [5.41, 5.74) is 0.487. The molecule has 3 rings (SSSR count). The molecule has 2 atom stereocenters. The van der Waals surface area contributed by atoms with E-state index >= 15 is 0 Å². The Bertz CT molecular complexity index is 722. The number of allylic oxidation sites excluding steroid dienone is 2. The number of halogens is 2. The number of carbonyl (C=O) groups excluding carboxylic acids is 3. The monoisotopic (exact) mass is 380 g/mol. The number of rotatable bonds is 5. The molecule has 0 unspecified atom stereocenters. The fourth-order valence-electron chi connectivity index (χ4n) is 3.29. The van der Waals surface area contributed by atoms with E-state index in [0.717, 1.165) is 0 Å². The number of likely N-dealkylation sites (tertiary alicyclic amines) is 1. The zero-order chi connectivity index (χ0) is 18.0. The number of hydrogen-bond donors (Lipinski definition) is 1. The van der Waals surface area contributed by atoms with E-state index in [0.29, 0.717) is 35.0 Å². The Kier molecular flexibility index (Phi) is 5.45. The third-order valence-electron chi connectivity index (χ3n) is 4.59. The van der Waals surface area contributed by atoms with Gasteiger partial charge in [0.1, 0.15) is 0 Å². The smallest absolute Gasteiger partial charge is 0.233 e. The Labute approximate surface area is 156 Å². The van der Waals surface area contributed by atoms with Gasteiger partial charge in [-0.05, 0) is 37.5 Å². The van der Waals surface area contributed by atoms with Crippen LogP contribution in [0, 0.1) is 11.8 Å². The lowest BCUT2D eigenvalue weighted by Gasteiger charge is -2.14. The highest BCUT2D eigenvalue weighted by molar-refractivity contribution is 6.36. The molecule has 7 heteroatoms. The second-order valence-electron chi connectivity index (χ2n) is 6.26. The van der Waals surface area contributed by atoms with Crippen molar-refractivity contribution >= 4 is 46.6 Å². The van der Waals surface area contributed by atoms with E-state index in [-0.39, 0.29) is 42.5 Å². The van der Waals surface area contributed by atoms with Crippen LogP contribution in [-0.4, -0.2) is 29.2 Å². The van der Waals surface area contributed by atoms with E-state index in [2.05, 4.69) is 5.32 Å². The van der Waals surface area contributed by atoms with Crippen molar-refractivity contribution in [2.24, 2.45) is 11.8 Å². The summed E-state index contributed by atoms with van der Waals surface area (Å²) in [5, 5.41) is 3.56. The molecule has 3 amide bonds. The van der Waals surface area contributed by atoms with Crippen LogP contribution >= 0.6 is 23.2 Å².